The van der Waals surface area contributed by atoms with Gasteiger partial charge in [-0.2, -0.15) is 0 Å². The van der Waals surface area contributed by atoms with Crippen LogP contribution >= 0.6 is 0 Å². The van der Waals surface area contributed by atoms with Gasteiger partial charge in [-0.3, -0.25) is 10.1 Å². The largest absolute Gasteiger partial charge is 0.455 e. The summed E-state index contributed by atoms with van der Waals surface area (Å²) >= 11 is 0. The molecular formula is C24H24FN3O4. The first-order valence-corrected chi connectivity index (χ1v) is 9.84. The number of nitrogen functional groups attached to an aromatic ring is 1. The van der Waals surface area contributed by atoms with Gasteiger partial charge in [-0.05, 0) is 75.4 Å². The van der Waals surface area contributed by atoms with E-state index in [9.17, 15) is 14.0 Å². The van der Waals surface area contributed by atoms with Crippen molar-refractivity contribution in [1.82, 2.24) is 0 Å². The molecule has 7 nitrogen and oxygen atoms in total. The molecule has 0 radical (unpaired) electrons. The smallest absolute Gasteiger partial charge is 0.412 e. The lowest BCUT2D eigenvalue weighted by Crippen LogP contribution is -2.27. The quantitative estimate of drug-likeness (QED) is 0.438. The zero-order valence-corrected chi connectivity index (χ0v) is 17.9. The molecule has 0 aliphatic carbocycles. The zero-order valence-electron chi connectivity index (χ0n) is 17.9. The molecule has 0 saturated carbocycles. The summed E-state index contributed by atoms with van der Waals surface area (Å²) in [5, 5.41) is 5.24. The van der Waals surface area contributed by atoms with Crippen molar-refractivity contribution in [1.29, 1.82) is 0 Å². The maximum absolute atomic E-state index is 13.8. The van der Waals surface area contributed by atoms with Crippen molar-refractivity contribution in [2.24, 2.45) is 0 Å². The molecule has 0 aliphatic rings. The molecule has 0 unspecified atom stereocenters. The molecule has 0 aromatic heterocycles. The fraction of sp³-hybridized carbons (Fsp3) is 0.167. The summed E-state index contributed by atoms with van der Waals surface area (Å²) in [5.74, 6) is -0.317. The fourth-order valence-corrected chi connectivity index (χ4v) is 2.72. The normalized spacial score (nSPS) is 10.9. The lowest BCUT2D eigenvalue weighted by Gasteiger charge is -2.19. The Kier molecular flexibility index (Phi) is 6.63. The average Bonchev–Trinajstić information content (AvgIpc) is 2.70. The second kappa shape index (κ2) is 9.38. The molecule has 0 bridgehead atoms. The Morgan fingerprint density at radius 2 is 1.56 bits per heavy atom. The lowest BCUT2D eigenvalue weighted by atomic mass is 10.2. The fourth-order valence-electron chi connectivity index (χ4n) is 2.72. The molecule has 32 heavy (non-hydrogen) atoms. The molecule has 0 heterocycles. The number of hydrogen-bond acceptors (Lipinski definition) is 5. The summed E-state index contributed by atoms with van der Waals surface area (Å²) in [6, 6.07) is 17.1. The van der Waals surface area contributed by atoms with Gasteiger partial charge in [-0.25, -0.2) is 9.18 Å². The molecule has 3 rings (SSSR count). The van der Waals surface area contributed by atoms with Gasteiger partial charge in [-0.1, -0.05) is 12.1 Å². The van der Waals surface area contributed by atoms with Crippen molar-refractivity contribution in [2.75, 3.05) is 16.4 Å². The van der Waals surface area contributed by atoms with Crippen molar-refractivity contribution in [3.8, 4) is 11.5 Å². The number of ether oxygens (including phenoxy) is 2. The number of amides is 2. The first kappa shape index (κ1) is 22.6. The van der Waals surface area contributed by atoms with E-state index in [1.54, 1.807) is 63.2 Å². The Labute approximate surface area is 185 Å². The van der Waals surface area contributed by atoms with Crippen LogP contribution in [0.5, 0.6) is 11.5 Å². The number of carbonyl (C=O) groups is 2. The Morgan fingerprint density at radius 3 is 2.19 bits per heavy atom. The third-order valence-electron chi connectivity index (χ3n) is 4.11. The van der Waals surface area contributed by atoms with Gasteiger partial charge in [0.2, 0.25) is 0 Å². The highest BCUT2D eigenvalue weighted by Crippen LogP contribution is 2.30. The van der Waals surface area contributed by atoms with Gasteiger partial charge < -0.3 is 20.5 Å². The van der Waals surface area contributed by atoms with Gasteiger partial charge in [0, 0.05) is 11.4 Å². The second-order valence-corrected chi connectivity index (χ2v) is 7.94. The number of rotatable bonds is 5. The molecule has 3 aromatic carbocycles. The Hall–Kier alpha value is -4.07. The predicted octanol–water partition coefficient (Wildman–Crippen LogP) is 5.80. The number of carbonyl (C=O) groups excluding carboxylic acids is 2. The van der Waals surface area contributed by atoms with Crippen LogP contribution in [0, 0.1) is 5.82 Å². The van der Waals surface area contributed by atoms with E-state index in [1.807, 2.05) is 0 Å². The van der Waals surface area contributed by atoms with Crippen molar-refractivity contribution in [3.63, 3.8) is 0 Å². The minimum absolute atomic E-state index is 0.0634. The van der Waals surface area contributed by atoms with Gasteiger partial charge in [0.25, 0.3) is 5.91 Å². The molecule has 8 heteroatoms. The molecule has 3 aromatic rings. The highest BCUT2D eigenvalue weighted by Gasteiger charge is 2.16. The third-order valence-corrected chi connectivity index (χ3v) is 4.11. The van der Waals surface area contributed by atoms with Crippen LogP contribution in [0.4, 0.5) is 26.2 Å². The van der Waals surface area contributed by atoms with Crippen LogP contribution < -0.4 is 21.1 Å². The number of halogens is 1. The summed E-state index contributed by atoms with van der Waals surface area (Å²) in [6.07, 6.45) is -0.552. The van der Waals surface area contributed by atoms with Gasteiger partial charge in [0.15, 0.2) is 0 Å². The third kappa shape index (κ3) is 6.21. The van der Waals surface area contributed by atoms with Crippen LogP contribution in [0.3, 0.4) is 0 Å². The van der Waals surface area contributed by atoms with E-state index in [0.29, 0.717) is 22.9 Å². The van der Waals surface area contributed by atoms with Crippen LogP contribution in [0.25, 0.3) is 0 Å². The number of nitrogens with one attached hydrogen (secondary N) is 2. The molecule has 0 fully saturated rings. The maximum Gasteiger partial charge on any atom is 0.412 e. The van der Waals surface area contributed by atoms with E-state index < -0.39 is 23.4 Å². The first-order chi connectivity index (χ1) is 15.1. The number of nitrogens with two attached hydrogens (primary N) is 1. The second-order valence-electron chi connectivity index (χ2n) is 7.94. The van der Waals surface area contributed by atoms with Gasteiger partial charge in [-0.15, -0.1) is 0 Å². The van der Waals surface area contributed by atoms with Crippen molar-refractivity contribution in [2.45, 2.75) is 26.4 Å². The molecule has 0 aliphatic heterocycles. The van der Waals surface area contributed by atoms with E-state index in [2.05, 4.69) is 10.6 Å². The topological polar surface area (TPSA) is 103 Å². The summed E-state index contributed by atoms with van der Waals surface area (Å²) in [5.41, 5.74) is 6.62. The first-order valence-electron chi connectivity index (χ1n) is 9.84. The van der Waals surface area contributed by atoms with Crippen LogP contribution in [0.1, 0.15) is 31.1 Å². The number of anilines is 3. The van der Waals surface area contributed by atoms with Crippen LogP contribution in [-0.4, -0.2) is 17.6 Å². The average molecular weight is 437 g/mol. The highest BCUT2D eigenvalue weighted by molar-refractivity contribution is 6.04. The standard InChI is InChI=1S/C24H24FN3O4/c1-24(2,3)32-23(30)28-15-8-11-17(12-9-15)31-21-13-10-16(14-20(21)26)27-22(29)18-6-4-5-7-19(18)25/h4-14H,26H2,1-3H3,(H,27,29)(H,28,30). The Morgan fingerprint density at radius 1 is 0.906 bits per heavy atom. The number of hydrogen-bond donors (Lipinski definition) is 3. The molecule has 2 amide bonds. The van der Waals surface area contributed by atoms with Gasteiger partial charge >= 0.3 is 6.09 Å². The van der Waals surface area contributed by atoms with Crippen LogP contribution in [0.15, 0.2) is 66.7 Å². The molecule has 0 atom stereocenters. The summed E-state index contributed by atoms with van der Waals surface area (Å²) in [4.78, 5) is 24.1. The predicted molar refractivity (Wildman–Crippen MR) is 122 cm³/mol. The molecule has 0 spiro atoms. The van der Waals surface area contributed by atoms with Gasteiger partial charge in [0.1, 0.15) is 22.9 Å². The maximum atomic E-state index is 13.8. The SMILES string of the molecule is CC(C)(C)OC(=O)Nc1ccc(Oc2ccc(NC(=O)c3ccccc3F)cc2N)cc1. The van der Waals surface area contributed by atoms with E-state index in [1.165, 1.54) is 24.3 Å². The van der Waals surface area contributed by atoms with Crippen molar-refractivity contribution >= 4 is 29.1 Å². The minimum atomic E-state index is -0.609. The van der Waals surface area contributed by atoms with Crippen molar-refractivity contribution in [3.05, 3.63) is 78.1 Å². The summed E-state index contributed by atoms with van der Waals surface area (Å²) < 4.78 is 24.7. The van der Waals surface area contributed by atoms with E-state index in [4.69, 9.17) is 15.2 Å². The summed E-state index contributed by atoms with van der Waals surface area (Å²) in [6.45, 7) is 5.35. The molecule has 166 valence electrons. The van der Waals surface area contributed by atoms with Crippen LogP contribution in [0.2, 0.25) is 0 Å². The van der Waals surface area contributed by atoms with E-state index >= 15 is 0 Å². The molecular weight excluding hydrogens is 413 g/mol. The molecule has 4 N–H and O–H groups in total. The lowest BCUT2D eigenvalue weighted by molar-refractivity contribution is 0.0635. The van der Waals surface area contributed by atoms with Gasteiger partial charge in [0.05, 0.1) is 11.3 Å². The van der Waals surface area contributed by atoms with E-state index in [-0.39, 0.29) is 11.3 Å². The van der Waals surface area contributed by atoms with Crippen LogP contribution in [-0.2, 0) is 4.74 Å². The van der Waals surface area contributed by atoms with E-state index in [0.717, 1.165) is 0 Å². The summed E-state index contributed by atoms with van der Waals surface area (Å²) in [7, 11) is 0. The van der Waals surface area contributed by atoms with Crippen molar-refractivity contribution < 1.29 is 23.5 Å². The zero-order chi connectivity index (χ0) is 23.3. The highest BCUT2D eigenvalue weighted by atomic mass is 19.1. The Balaban J connectivity index is 1.62. The molecule has 0 saturated heterocycles. The number of benzene rings is 3. The minimum Gasteiger partial charge on any atom is -0.455 e. The Bertz CT molecular complexity index is 1120. The monoisotopic (exact) mass is 437 g/mol.